The van der Waals surface area contributed by atoms with Crippen molar-refractivity contribution in [3.63, 3.8) is 0 Å². The molecule has 0 amide bonds. The summed E-state index contributed by atoms with van der Waals surface area (Å²) in [6.45, 7) is 0. The zero-order chi connectivity index (χ0) is 27.0. The van der Waals surface area contributed by atoms with Gasteiger partial charge in [-0.3, -0.25) is 9.11 Å². The van der Waals surface area contributed by atoms with Crippen LogP contribution in [0.4, 0.5) is 0 Å². The van der Waals surface area contributed by atoms with E-state index in [1.807, 2.05) is 0 Å². The van der Waals surface area contributed by atoms with Gasteiger partial charge in [0, 0.05) is 64.1 Å². The van der Waals surface area contributed by atoms with Crippen molar-refractivity contribution in [3.8, 4) is 11.5 Å². The van der Waals surface area contributed by atoms with Gasteiger partial charge in [0.15, 0.2) is 5.60 Å². The number of rotatable bonds is 4. The fraction of sp³-hybridized carbons (Fsp3) is 0.0500. The van der Waals surface area contributed by atoms with E-state index in [9.17, 15) is 40.9 Å². The first-order chi connectivity index (χ1) is 16.5. The number of carbonyl (C=O) groups is 1. The first-order valence-corrected chi connectivity index (χ1v) is 15.3. The summed E-state index contributed by atoms with van der Waals surface area (Å²) in [7, 11) is -9.92. The molecule has 4 rings (SSSR count). The standard InChI is InChI=1S/C20H10Br4O10S2.Na.H2O/c21-15-13-14(16(22)18(24)17(15)23)20(34-19(13)27,7-1-3-9(25)11(5-7)35(28,29)30)8-2-4-10(26)12(6-8)36(31,32)33;;/h1-6,25-26H,(H,28,29,30)(H,31,32,33);;1H2. The molecule has 0 atom stereocenters. The van der Waals surface area contributed by atoms with Crippen molar-refractivity contribution in [2.45, 2.75) is 15.4 Å². The molecule has 0 bridgehead atoms. The minimum Gasteiger partial charge on any atom is -0.506 e. The number of aromatic hydroxyl groups is 2. The largest absolute Gasteiger partial charge is 0.506 e. The Bertz CT molecular complexity index is 1630. The minimum atomic E-state index is -4.96. The fourth-order valence-electron chi connectivity index (χ4n) is 3.85. The smallest absolute Gasteiger partial charge is 0.341 e. The number of cyclic esters (lactones) is 1. The van der Waals surface area contributed by atoms with Gasteiger partial charge in [-0.1, -0.05) is 12.1 Å². The second-order valence-electron chi connectivity index (χ2n) is 7.39. The molecule has 1 radical (unpaired) electrons. The Morgan fingerprint density at radius 2 is 1.11 bits per heavy atom. The Morgan fingerprint density at radius 1 is 0.711 bits per heavy atom. The summed E-state index contributed by atoms with van der Waals surface area (Å²) in [6.07, 6.45) is 0. The molecule has 0 aliphatic carbocycles. The van der Waals surface area contributed by atoms with E-state index in [0.29, 0.717) is 8.95 Å². The zero-order valence-corrected chi connectivity index (χ0v) is 28.5. The number of phenolic OH excluding ortho intramolecular Hbond substituents is 2. The van der Waals surface area contributed by atoms with Crippen molar-refractivity contribution in [2.24, 2.45) is 0 Å². The van der Waals surface area contributed by atoms with Crippen LogP contribution in [0.1, 0.15) is 27.0 Å². The second-order valence-corrected chi connectivity index (χ2v) is 13.3. The van der Waals surface area contributed by atoms with Crippen LogP contribution < -0.4 is 0 Å². The predicted octanol–water partition coefficient (Wildman–Crippen LogP) is 3.90. The van der Waals surface area contributed by atoms with Crippen LogP contribution in [0.3, 0.4) is 0 Å². The molecule has 3 aromatic rings. The molecule has 1 aliphatic rings. The molecule has 18 heteroatoms. The van der Waals surface area contributed by atoms with Gasteiger partial charge in [-0.2, -0.15) is 16.8 Å². The van der Waals surface area contributed by atoms with Crippen molar-refractivity contribution in [1.29, 1.82) is 0 Å². The van der Waals surface area contributed by atoms with Gasteiger partial charge in [0.25, 0.3) is 20.2 Å². The number of hydrogen-bond acceptors (Lipinski definition) is 8. The molecule has 0 fully saturated rings. The van der Waals surface area contributed by atoms with Crippen molar-refractivity contribution in [3.05, 3.63) is 76.5 Å². The quantitative estimate of drug-likeness (QED) is 0.0981. The molecule has 0 saturated carbocycles. The third-order valence-electron chi connectivity index (χ3n) is 5.36. The molecular formula is C20H12Br4NaO11S2. The molecular weight excluding hydrogens is 823 g/mol. The molecule has 0 saturated heterocycles. The Balaban J connectivity index is 0.00000253. The first kappa shape index (κ1) is 33.6. The Kier molecular flexibility index (Phi) is 10.1. The van der Waals surface area contributed by atoms with Gasteiger partial charge in [0.2, 0.25) is 0 Å². The number of fused-ring (bicyclic) bond motifs is 1. The third-order valence-corrected chi connectivity index (χ3v) is 11.9. The van der Waals surface area contributed by atoms with E-state index < -0.39 is 53.1 Å². The monoisotopic (exact) mass is 831 g/mol. The molecule has 0 aromatic heterocycles. The summed E-state index contributed by atoms with van der Waals surface area (Å²) in [5.41, 5.74) is -2.31. The Hall–Kier alpha value is -0.570. The number of benzene rings is 3. The van der Waals surface area contributed by atoms with Gasteiger partial charge in [-0.25, -0.2) is 4.79 Å². The van der Waals surface area contributed by atoms with E-state index in [0.717, 1.165) is 24.3 Å². The number of carbonyl (C=O) groups excluding carboxylic acids is 1. The molecule has 6 N–H and O–H groups in total. The van der Waals surface area contributed by atoms with E-state index >= 15 is 0 Å². The Morgan fingerprint density at radius 3 is 1.50 bits per heavy atom. The average Bonchev–Trinajstić information content (AvgIpc) is 3.09. The second kappa shape index (κ2) is 11.4. The van der Waals surface area contributed by atoms with Crippen LogP contribution in [-0.2, 0) is 30.6 Å². The molecule has 38 heavy (non-hydrogen) atoms. The predicted molar refractivity (Wildman–Crippen MR) is 148 cm³/mol. The van der Waals surface area contributed by atoms with Gasteiger partial charge >= 0.3 is 5.97 Å². The van der Waals surface area contributed by atoms with Gasteiger partial charge in [-0.15, -0.1) is 0 Å². The number of hydrogen-bond donors (Lipinski definition) is 4. The van der Waals surface area contributed by atoms with E-state index in [4.69, 9.17) is 4.74 Å². The summed E-state index contributed by atoms with van der Waals surface area (Å²) < 4.78 is 74.1. The molecule has 3 aromatic carbocycles. The SMILES string of the molecule is O.O=C1OC(c2ccc(O)c(S(=O)(=O)O)c2)(c2ccc(O)c(S(=O)(=O)O)c2)c2c(Br)c(Br)c(Br)c(Br)c21.[Na]. The summed E-state index contributed by atoms with van der Waals surface area (Å²) in [4.78, 5) is 11.4. The van der Waals surface area contributed by atoms with Crippen LogP contribution >= 0.6 is 63.7 Å². The molecule has 0 spiro atoms. The summed E-state index contributed by atoms with van der Waals surface area (Å²) in [5.74, 6) is -2.52. The topological polar surface area (TPSA) is 207 Å². The van der Waals surface area contributed by atoms with E-state index in [2.05, 4.69) is 63.7 Å². The van der Waals surface area contributed by atoms with Crippen molar-refractivity contribution in [2.75, 3.05) is 0 Å². The summed E-state index contributed by atoms with van der Waals surface area (Å²) in [5, 5.41) is 20.1. The van der Waals surface area contributed by atoms with Gasteiger partial charge in [0.1, 0.15) is 21.3 Å². The maximum Gasteiger partial charge on any atom is 0.341 e. The third kappa shape index (κ3) is 5.37. The van der Waals surface area contributed by atoms with Crippen LogP contribution in [0.15, 0.2) is 64.1 Å². The van der Waals surface area contributed by atoms with Gasteiger partial charge < -0.3 is 20.4 Å². The minimum absolute atomic E-state index is 0. The number of ether oxygens (including phenoxy) is 1. The van der Waals surface area contributed by atoms with Crippen LogP contribution in [0, 0.1) is 0 Å². The molecule has 1 heterocycles. The molecule has 1 aliphatic heterocycles. The van der Waals surface area contributed by atoms with E-state index in [1.165, 1.54) is 12.1 Å². The summed E-state index contributed by atoms with van der Waals surface area (Å²) >= 11 is 13.4. The maximum absolute atomic E-state index is 13.2. The Labute approximate surface area is 271 Å². The van der Waals surface area contributed by atoms with Gasteiger partial charge in [-0.05, 0) is 88.0 Å². The van der Waals surface area contributed by atoms with Gasteiger partial charge in [0.05, 0.1) is 5.56 Å². The molecule has 0 unspecified atom stereocenters. The van der Waals surface area contributed by atoms with E-state index in [-0.39, 0.29) is 66.2 Å². The summed E-state index contributed by atoms with van der Waals surface area (Å²) in [6, 6.07) is 5.97. The number of esters is 1. The van der Waals surface area contributed by atoms with Crippen LogP contribution in [0.5, 0.6) is 11.5 Å². The van der Waals surface area contributed by atoms with E-state index in [1.54, 1.807) is 0 Å². The normalized spacial score (nSPS) is 14.2. The number of halogens is 4. The van der Waals surface area contributed by atoms with Crippen LogP contribution in [0.2, 0.25) is 0 Å². The zero-order valence-electron chi connectivity index (χ0n) is 18.5. The molecule has 199 valence electrons. The van der Waals surface area contributed by atoms with Crippen molar-refractivity contribution >= 4 is 119 Å². The van der Waals surface area contributed by atoms with Crippen LogP contribution in [-0.4, -0.2) is 77.2 Å². The molecule has 11 nitrogen and oxygen atoms in total. The average molecular weight is 835 g/mol. The number of phenols is 2. The fourth-order valence-corrected chi connectivity index (χ4v) is 7.62. The van der Waals surface area contributed by atoms with Crippen molar-refractivity contribution < 1.29 is 51.2 Å². The first-order valence-electron chi connectivity index (χ1n) is 9.23. The maximum atomic E-state index is 13.2. The van der Waals surface area contributed by atoms with Crippen molar-refractivity contribution in [1.82, 2.24) is 0 Å². The van der Waals surface area contributed by atoms with Crippen LogP contribution in [0.25, 0.3) is 0 Å².